The lowest BCUT2D eigenvalue weighted by atomic mass is 9.49. The Balaban J connectivity index is 1.29. The van der Waals surface area contributed by atoms with Crippen LogP contribution >= 0.6 is 23.2 Å². The highest BCUT2D eigenvalue weighted by molar-refractivity contribution is 6.36. The molecule has 0 bridgehead atoms. The van der Waals surface area contributed by atoms with Gasteiger partial charge in [0.15, 0.2) is 0 Å². The van der Waals surface area contributed by atoms with Gasteiger partial charge in [-0.1, -0.05) is 59.1 Å². The summed E-state index contributed by atoms with van der Waals surface area (Å²) in [6.45, 7) is -0.121. The summed E-state index contributed by atoms with van der Waals surface area (Å²) in [5.41, 5.74) is 3.66. The number of anilines is 2. The van der Waals surface area contributed by atoms with Gasteiger partial charge < -0.3 is 14.6 Å². The standard InChI is InChI=1S/C41H34Cl2N4O9/c1-55-27-13-4-23(5-14-27)41-32(38(50)46(40(41)52)44-34-17-6-24(42)20-33(34)43)21-31-29(36(41)22-2-11-28(12-3-22)56-19-18-48)15-16-30-35(31)39(51)45(37(30)49)25-7-9-26(10-8-25)47(53)54/h2-15,17,20,30-32,35-36,44,48H,16,18-19,21H2,1H3. The number of amides is 4. The van der Waals surface area contributed by atoms with Crippen molar-refractivity contribution in [3.63, 3.8) is 0 Å². The van der Waals surface area contributed by atoms with E-state index >= 15 is 4.79 Å². The number of hydrogen-bond acceptors (Lipinski definition) is 10. The molecule has 2 saturated heterocycles. The number of imide groups is 2. The summed E-state index contributed by atoms with van der Waals surface area (Å²) in [5, 5.41) is 22.2. The van der Waals surface area contributed by atoms with Gasteiger partial charge in [-0.05, 0) is 84.5 Å². The maximum Gasteiger partial charge on any atom is 0.269 e. The second kappa shape index (κ2) is 14.4. The molecule has 1 saturated carbocycles. The van der Waals surface area contributed by atoms with Crippen molar-refractivity contribution < 1.29 is 38.7 Å². The molecule has 6 unspecified atom stereocenters. The van der Waals surface area contributed by atoms with E-state index in [-0.39, 0.29) is 48.1 Å². The molecule has 6 atom stereocenters. The fraction of sp³-hybridized carbons (Fsp3) is 0.268. The molecule has 4 aromatic carbocycles. The first-order valence-corrected chi connectivity index (χ1v) is 18.7. The predicted molar refractivity (Wildman–Crippen MR) is 205 cm³/mol. The highest BCUT2D eigenvalue weighted by Crippen LogP contribution is 2.64. The van der Waals surface area contributed by atoms with Crippen molar-refractivity contribution >= 4 is 63.9 Å². The largest absolute Gasteiger partial charge is 0.497 e. The summed E-state index contributed by atoms with van der Waals surface area (Å²) in [6.07, 6.45) is 2.17. The zero-order valence-corrected chi connectivity index (χ0v) is 31.3. The van der Waals surface area contributed by atoms with Gasteiger partial charge in [0.25, 0.3) is 17.5 Å². The fourth-order valence-corrected chi connectivity index (χ4v) is 9.57. The van der Waals surface area contributed by atoms with Crippen LogP contribution in [0.1, 0.15) is 29.9 Å². The van der Waals surface area contributed by atoms with Crippen LogP contribution < -0.4 is 19.8 Å². The van der Waals surface area contributed by atoms with Gasteiger partial charge in [0, 0.05) is 23.1 Å². The Labute approximate surface area is 330 Å². The van der Waals surface area contributed by atoms with Crippen molar-refractivity contribution in [3.8, 4) is 11.5 Å². The number of fused-ring (bicyclic) bond motifs is 4. The first-order valence-electron chi connectivity index (χ1n) is 17.9. The third-order valence-electron chi connectivity index (χ3n) is 11.5. The lowest BCUT2D eigenvalue weighted by Crippen LogP contribution is -2.53. The van der Waals surface area contributed by atoms with Crippen LogP contribution in [-0.4, -0.2) is 59.0 Å². The number of aliphatic hydroxyl groups excluding tert-OH is 1. The number of benzene rings is 4. The van der Waals surface area contributed by atoms with Crippen LogP contribution in [-0.2, 0) is 24.6 Å². The molecular weight excluding hydrogens is 763 g/mol. The van der Waals surface area contributed by atoms with Crippen molar-refractivity contribution in [2.45, 2.75) is 24.2 Å². The summed E-state index contributed by atoms with van der Waals surface area (Å²) in [6, 6.07) is 23.9. The van der Waals surface area contributed by atoms with Crippen LogP contribution in [0.4, 0.5) is 17.1 Å². The molecule has 286 valence electrons. The maximum absolute atomic E-state index is 15.4. The average molecular weight is 798 g/mol. The van der Waals surface area contributed by atoms with E-state index in [4.69, 9.17) is 32.7 Å². The number of nitro benzene ring substituents is 1. The van der Waals surface area contributed by atoms with Crippen molar-refractivity contribution in [3.05, 3.63) is 134 Å². The molecule has 8 rings (SSSR count). The summed E-state index contributed by atoms with van der Waals surface area (Å²) in [7, 11) is 1.53. The van der Waals surface area contributed by atoms with E-state index in [1.807, 2.05) is 18.2 Å². The number of hydrazine groups is 1. The second-order valence-corrected chi connectivity index (χ2v) is 15.0. The number of ether oxygens (including phenoxy) is 2. The molecule has 0 aromatic heterocycles. The molecule has 56 heavy (non-hydrogen) atoms. The Morgan fingerprint density at radius 2 is 1.59 bits per heavy atom. The maximum atomic E-state index is 15.4. The number of methoxy groups -OCH3 is 1. The minimum Gasteiger partial charge on any atom is -0.497 e. The van der Waals surface area contributed by atoms with Gasteiger partial charge in [-0.2, -0.15) is 5.01 Å². The first-order chi connectivity index (χ1) is 27.0. The minimum absolute atomic E-state index is 0.0530. The third-order valence-corrected chi connectivity index (χ3v) is 12.0. The monoisotopic (exact) mass is 796 g/mol. The van der Waals surface area contributed by atoms with E-state index in [1.165, 1.54) is 37.4 Å². The molecule has 4 aromatic rings. The smallest absolute Gasteiger partial charge is 0.269 e. The van der Waals surface area contributed by atoms with E-state index < -0.39 is 63.6 Å². The highest BCUT2D eigenvalue weighted by atomic mass is 35.5. The van der Waals surface area contributed by atoms with Gasteiger partial charge in [-0.3, -0.25) is 39.6 Å². The van der Waals surface area contributed by atoms with E-state index in [2.05, 4.69) is 5.43 Å². The average Bonchev–Trinajstić information content (AvgIpc) is 3.58. The number of non-ortho nitro benzene ring substituents is 1. The lowest BCUT2D eigenvalue weighted by molar-refractivity contribution is -0.384. The molecule has 13 nitrogen and oxygen atoms in total. The molecule has 2 heterocycles. The van der Waals surface area contributed by atoms with Gasteiger partial charge in [0.1, 0.15) is 18.1 Å². The Kier molecular flexibility index (Phi) is 9.55. The van der Waals surface area contributed by atoms with Gasteiger partial charge in [0.05, 0.1) is 58.2 Å². The van der Waals surface area contributed by atoms with Gasteiger partial charge >= 0.3 is 0 Å². The van der Waals surface area contributed by atoms with Gasteiger partial charge in [-0.25, -0.2) is 0 Å². The molecule has 0 spiro atoms. The SMILES string of the molecule is COc1ccc(C23C(=O)N(Nc4ccc(Cl)cc4Cl)C(=O)C2CC2C(=CCC4C(=O)N(c5ccc([N+](=O)[O-])cc5)C(=O)C42)C3c2ccc(OCCO)cc2)cc1. The lowest BCUT2D eigenvalue weighted by Gasteiger charge is -2.50. The summed E-state index contributed by atoms with van der Waals surface area (Å²) in [4.78, 5) is 70.8. The number of rotatable bonds is 10. The quantitative estimate of drug-likeness (QED) is 0.0786. The van der Waals surface area contributed by atoms with Crippen LogP contribution in [0.15, 0.2) is 103 Å². The summed E-state index contributed by atoms with van der Waals surface area (Å²) < 4.78 is 11.1. The fourth-order valence-electron chi connectivity index (χ4n) is 9.12. The number of nitro groups is 1. The highest BCUT2D eigenvalue weighted by Gasteiger charge is 2.70. The number of nitrogens with zero attached hydrogens (tertiary/aromatic N) is 3. The number of aliphatic hydroxyl groups is 1. The third kappa shape index (κ3) is 5.80. The van der Waals surface area contributed by atoms with Crippen molar-refractivity contribution in [1.29, 1.82) is 0 Å². The molecule has 4 aliphatic rings. The van der Waals surface area contributed by atoms with E-state index in [0.29, 0.717) is 27.6 Å². The second-order valence-electron chi connectivity index (χ2n) is 14.1. The Morgan fingerprint density at radius 1 is 0.893 bits per heavy atom. The molecule has 0 radical (unpaired) electrons. The zero-order valence-electron chi connectivity index (χ0n) is 29.8. The molecule has 2 aliphatic carbocycles. The predicted octanol–water partition coefficient (Wildman–Crippen LogP) is 6.47. The number of hydrogen-bond donors (Lipinski definition) is 2. The van der Waals surface area contributed by atoms with E-state index in [1.54, 1.807) is 48.5 Å². The topological polar surface area (TPSA) is 169 Å². The molecule has 2 N–H and O–H groups in total. The number of nitrogens with one attached hydrogen (secondary N) is 1. The number of carbonyl (C=O) groups is 4. The normalized spacial score (nSPS) is 25.4. The molecule has 2 aliphatic heterocycles. The number of carbonyl (C=O) groups excluding carboxylic acids is 4. The molecule has 3 fully saturated rings. The summed E-state index contributed by atoms with van der Waals surface area (Å²) in [5.74, 6) is -5.11. The van der Waals surface area contributed by atoms with Crippen LogP contribution in [0, 0.1) is 33.8 Å². The molecule has 4 amide bonds. The van der Waals surface area contributed by atoms with Crippen LogP contribution in [0.25, 0.3) is 0 Å². The van der Waals surface area contributed by atoms with Crippen molar-refractivity contribution in [2.75, 3.05) is 30.6 Å². The Morgan fingerprint density at radius 3 is 2.23 bits per heavy atom. The number of halogens is 2. The zero-order chi connectivity index (χ0) is 39.5. The molecular formula is C41H34Cl2N4O9. The van der Waals surface area contributed by atoms with Crippen LogP contribution in [0.2, 0.25) is 10.0 Å². The van der Waals surface area contributed by atoms with Crippen LogP contribution in [0.5, 0.6) is 11.5 Å². The van der Waals surface area contributed by atoms with Crippen molar-refractivity contribution in [2.24, 2.45) is 23.7 Å². The minimum atomic E-state index is -1.55. The Bertz CT molecular complexity index is 2300. The number of allylic oxidation sites excluding steroid dienone is 2. The molecule has 15 heteroatoms. The van der Waals surface area contributed by atoms with E-state index in [0.717, 1.165) is 15.5 Å². The van der Waals surface area contributed by atoms with Crippen LogP contribution in [0.3, 0.4) is 0 Å². The Hall–Kier alpha value is -5.76. The van der Waals surface area contributed by atoms with Gasteiger partial charge in [0.2, 0.25) is 11.8 Å². The van der Waals surface area contributed by atoms with Gasteiger partial charge in [-0.15, -0.1) is 0 Å². The van der Waals surface area contributed by atoms with Crippen molar-refractivity contribution in [1.82, 2.24) is 5.01 Å². The van der Waals surface area contributed by atoms with E-state index in [9.17, 15) is 29.6 Å². The summed E-state index contributed by atoms with van der Waals surface area (Å²) >= 11 is 12.7. The first kappa shape index (κ1) is 37.2.